The van der Waals surface area contributed by atoms with Crippen LogP contribution in [0.5, 0.6) is 0 Å². The van der Waals surface area contributed by atoms with Crippen LogP contribution in [0.4, 0.5) is 10.5 Å². The molecule has 0 unspecified atom stereocenters. The number of hydrogen-bond donors (Lipinski definition) is 3. The smallest absolute Gasteiger partial charge is 0.335 e. The molecule has 1 aromatic heterocycles. The van der Waals surface area contributed by atoms with E-state index < -0.39 is 29.8 Å². The maximum Gasteiger partial charge on any atom is 0.335 e. The number of imide groups is 2. The van der Waals surface area contributed by atoms with Crippen molar-refractivity contribution in [3.05, 3.63) is 87.2 Å². The Labute approximate surface area is 211 Å². The summed E-state index contributed by atoms with van der Waals surface area (Å²) >= 11 is 0. The third-order valence-corrected chi connectivity index (χ3v) is 6.36. The van der Waals surface area contributed by atoms with Gasteiger partial charge in [-0.15, -0.1) is 0 Å². The molecule has 37 heavy (non-hydrogen) atoms. The average molecular weight is 501 g/mol. The van der Waals surface area contributed by atoms with E-state index in [1.165, 1.54) is 18.2 Å². The summed E-state index contributed by atoms with van der Waals surface area (Å²) in [6, 6.07) is 9.74. The molecule has 2 aromatic carbocycles. The lowest BCUT2D eigenvalue weighted by Crippen LogP contribution is -2.54. The zero-order valence-electron chi connectivity index (χ0n) is 20.4. The number of amides is 4. The van der Waals surface area contributed by atoms with E-state index in [2.05, 4.69) is 5.32 Å². The van der Waals surface area contributed by atoms with Crippen LogP contribution in [-0.2, 0) is 9.59 Å². The number of carbonyl (C=O) groups excluding carboxylic acids is 3. The van der Waals surface area contributed by atoms with Crippen LogP contribution in [0, 0.1) is 27.7 Å². The molecular formula is C27H23N3O7. The monoisotopic (exact) mass is 501 g/mol. The van der Waals surface area contributed by atoms with E-state index in [0.29, 0.717) is 33.9 Å². The molecule has 1 saturated heterocycles. The molecule has 0 radical (unpaired) electrons. The fraction of sp³-hybridized carbons (Fsp3) is 0.148. The van der Waals surface area contributed by atoms with Gasteiger partial charge in [-0.1, -0.05) is 12.1 Å². The predicted octanol–water partition coefficient (Wildman–Crippen LogP) is 3.77. The largest absolute Gasteiger partial charge is 0.478 e. The number of carbonyl (C=O) groups is 5. The van der Waals surface area contributed by atoms with E-state index in [1.54, 1.807) is 43.5 Å². The molecule has 4 rings (SSSR count). The third-order valence-electron chi connectivity index (χ3n) is 6.36. The molecule has 1 fully saturated rings. The number of rotatable bonds is 5. The van der Waals surface area contributed by atoms with Crippen LogP contribution in [0.15, 0.2) is 48.0 Å². The molecule has 0 bridgehead atoms. The summed E-state index contributed by atoms with van der Waals surface area (Å²) < 4.78 is 1.63. The van der Waals surface area contributed by atoms with Crippen LogP contribution in [0.3, 0.4) is 0 Å². The molecular weight excluding hydrogens is 478 g/mol. The molecule has 0 aliphatic carbocycles. The van der Waals surface area contributed by atoms with E-state index in [1.807, 2.05) is 13.0 Å². The average Bonchev–Trinajstić information content (AvgIpc) is 3.11. The molecule has 0 saturated carbocycles. The number of barbiturate groups is 1. The Kier molecular flexibility index (Phi) is 6.26. The van der Waals surface area contributed by atoms with Gasteiger partial charge >= 0.3 is 18.0 Å². The number of benzene rings is 2. The zero-order valence-corrected chi connectivity index (χ0v) is 20.4. The number of urea groups is 1. The lowest BCUT2D eigenvalue weighted by molar-refractivity contribution is -0.122. The van der Waals surface area contributed by atoms with Crippen LogP contribution < -0.4 is 10.2 Å². The first kappa shape index (κ1) is 25.1. The Balaban J connectivity index is 1.82. The van der Waals surface area contributed by atoms with Crippen LogP contribution in [0.2, 0.25) is 0 Å². The minimum atomic E-state index is -1.28. The summed E-state index contributed by atoms with van der Waals surface area (Å²) in [7, 11) is 0. The summed E-state index contributed by atoms with van der Waals surface area (Å²) in [5.74, 6) is -4.19. The third kappa shape index (κ3) is 4.40. The topological polar surface area (TPSA) is 146 Å². The number of hydrogen-bond acceptors (Lipinski definition) is 5. The lowest BCUT2D eigenvalue weighted by atomic mass is 10.0. The van der Waals surface area contributed by atoms with Crippen LogP contribution in [0.1, 0.15) is 48.8 Å². The quantitative estimate of drug-likeness (QED) is 0.356. The standard InChI is InChI=1S/C27H23N3O7/c1-13-6-5-7-22(15(13)3)30-24(32)21(23(31)28-27(30)37)12-17-8-14(2)29(16(17)4)20-10-18(25(33)34)9-19(11-20)26(35)36/h5-12H,1-4H3,(H,33,34)(H,35,36)(H,28,31,37)/b21-12+. The minimum absolute atomic E-state index is 0.202. The number of aryl methyl sites for hydroxylation is 2. The van der Waals surface area contributed by atoms with Gasteiger partial charge < -0.3 is 14.8 Å². The van der Waals surface area contributed by atoms with Gasteiger partial charge in [-0.3, -0.25) is 14.9 Å². The second-order valence-electron chi connectivity index (χ2n) is 8.72. The van der Waals surface area contributed by atoms with Gasteiger partial charge in [0.05, 0.1) is 16.8 Å². The summed E-state index contributed by atoms with van der Waals surface area (Å²) in [5, 5.41) is 21.1. The molecule has 188 valence electrons. The van der Waals surface area contributed by atoms with Crippen molar-refractivity contribution in [1.82, 2.24) is 9.88 Å². The van der Waals surface area contributed by atoms with E-state index in [4.69, 9.17) is 0 Å². The molecule has 3 aromatic rings. The van der Waals surface area contributed by atoms with Crippen LogP contribution in [-0.4, -0.2) is 44.6 Å². The Morgan fingerprint density at radius 2 is 1.51 bits per heavy atom. The number of anilines is 1. The highest BCUT2D eigenvalue weighted by Crippen LogP contribution is 2.29. The Bertz CT molecular complexity index is 1530. The Morgan fingerprint density at radius 1 is 0.892 bits per heavy atom. The number of aromatic nitrogens is 1. The number of carboxylic acids is 2. The number of nitrogens with zero attached hydrogens (tertiary/aromatic N) is 2. The Morgan fingerprint density at radius 3 is 2.11 bits per heavy atom. The molecule has 10 nitrogen and oxygen atoms in total. The molecule has 3 N–H and O–H groups in total. The van der Waals surface area contributed by atoms with Crippen LogP contribution >= 0.6 is 0 Å². The molecule has 1 aliphatic heterocycles. The fourth-order valence-corrected chi connectivity index (χ4v) is 4.33. The van der Waals surface area contributed by atoms with Crippen molar-refractivity contribution < 1.29 is 34.2 Å². The van der Waals surface area contributed by atoms with Gasteiger partial charge in [0.2, 0.25) is 0 Å². The van der Waals surface area contributed by atoms with Crippen molar-refractivity contribution in [2.24, 2.45) is 0 Å². The second-order valence-corrected chi connectivity index (χ2v) is 8.72. The van der Waals surface area contributed by atoms with Crippen molar-refractivity contribution in [3.63, 3.8) is 0 Å². The van der Waals surface area contributed by atoms with Gasteiger partial charge in [-0.2, -0.15) is 0 Å². The molecule has 0 atom stereocenters. The summed E-state index contributed by atoms with van der Waals surface area (Å²) in [6.07, 6.45) is 1.36. The lowest BCUT2D eigenvalue weighted by Gasteiger charge is -2.28. The second kappa shape index (κ2) is 9.23. The van der Waals surface area contributed by atoms with E-state index in [-0.39, 0.29) is 16.7 Å². The first-order valence-electron chi connectivity index (χ1n) is 11.2. The summed E-state index contributed by atoms with van der Waals surface area (Å²) in [4.78, 5) is 62.7. The highest BCUT2D eigenvalue weighted by molar-refractivity contribution is 6.39. The van der Waals surface area contributed by atoms with Crippen molar-refractivity contribution >= 4 is 41.5 Å². The van der Waals surface area contributed by atoms with Crippen molar-refractivity contribution in [1.29, 1.82) is 0 Å². The van der Waals surface area contributed by atoms with E-state index in [0.717, 1.165) is 16.5 Å². The summed E-state index contributed by atoms with van der Waals surface area (Å²) in [5.41, 5.74) is 3.17. The van der Waals surface area contributed by atoms with Crippen LogP contribution in [0.25, 0.3) is 11.8 Å². The van der Waals surface area contributed by atoms with Crippen molar-refractivity contribution in [2.75, 3.05) is 4.90 Å². The first-order chi connectivity index (χ1) is 17.4. The highest BCUT2D eigenvalue weighted by atomic mass is 16.4. The van der Waals surface area contributed by atoms with E-state index in [9.17, 15) is 34.2 Å². The predicted molar refractivity (Wildman–Crippen MR) is 134 cm³/mol. The number of nitrogens with one attached hydrogen (secondary N) is 1. The van der Waals surface area contributed by atoms with E-state index >= 15 is 0 Å². The van der Waals surface area contributed by atoms with Crippen molar-refractivity contribution in [3.8, 4) is 5.69 Å². The maximum atomic E-state index is 13.4. The normalized spacial score (nSPS) is 14.8. The maximum absolute atomic E-state index is 13.4. The molecule has 2 heterocycles. The highest BCUT2D eigenvalue weighted by Gasteiger charge is 2.37. The van der Waals surface area contributed by atoms with Gasteiger partial charge in [0.25, 0.3) is 11.8 Å². The van der Waals surface area contributed by atoms with Gasteiger partial charge in [0.15, 0.2) is 0 Å². The SMILES string of the molecule is Cc1cccc(N2C(=O)NC(=O)/C(=C\c3cc(C)n(-c4cc(C(=O)O)cc(C(=O)O)c4)c3C)C2=O)c1C. The molecule has 1 aliphatic rings. The fourth-order valence-electron chi connectivity index (χ4n) is 4.33. The van der Waals surface area contributed by atoms with Gasteiger partial charge in [0.1, 0.15) is 5.57 Å². The van der Waals surface area contributed by atoms with Gasteiger partial charge in [-0.25, -0.2) is 19.3 Å². The minimum Gasteiger partial charge on any atom is -0.478 e. The van der Waals surface area contributed by atoms with Crippen molar-refractivity contribution in [2.45, 2.75) is 27.7 Å². The molecule has 10 heteroatoms. The first-order valence-corrected chi connectivity index (χ1v) is 11.2. The Hall–Kier alpha value is -4.99. The molecule has 0 spiro atoms. The van der Waals surface area contributed by atoms with Gasteiger partial charge in [-0.05, 0) is 80.8 Å². The molecule has 4 amide bonds. The summed E-state index contributed by atoms with van der Waals surface area (Å²) in [6.45, 7) is 7.02. The zero-order chi connectivity index (χ0) is 27.2. The van der Waals surface area contributed by atoms with Gasteiger partial charge in [0, 0.05) is 17.1 Å². The number of aromatic carboxylic acids is 2. The number of carboxylic acid groups (broad SMARTS) is 2.